The standard InChI is InChI=1S/C13H7BrClFO2/c14-10-3-2-9(16)6-13(10)18-12-4-1-8(7-17)5-11(12)15/h1-7H. The molecule has 0 heterocycles. The van der Waals surface area contributed by atoms with Crippen LogP contribution in [-0.2, 0) is 0 Å². The summed E-state index contributed by atoms with van der Waals surface area (Å²) in [6, 6.07) is 8.71. The third kappa shape index (κ3) is 2.89. The average molecular weight is 330 g/mol. The van der Waals surface area contributed by atoms with Crippen molar-refractivity contribution in [2.45, 2.75) is 0 Å². The molecule has 0 spiro atoms. The van der Waals surface area contributed by atoms with Crippen LogP contribution in [0, 0.1) is 5.82 Å². The summed E-state index contributed by atoms with van der Waals surface area (Å²) in [4.78, 5) is 10.6. The summed E-state index contributed by atoms with van der Waals surface area (Å²) in [6.07, 6.45) is 0.688. The number of carbonyl (C=O) groups is 1. The summed E-state index contributed by atoms with van der Waals surface area (Å²) in [5.74, 6) is 0.262. The quantitative estimate of drug-likeness (QED) is 0.753. The molecule has 0 N–H and O–H groups in total. The summed E-state index contributed by atoms with van der Waals surface area (Å²) >= 11 is 9.21. The Hall–Kier alpha value is -1.39. The van der Waals surface area contributed by atoms with Crippen LogP contribution in [0.15, 0.2) is 40.9 Å². The molecule has 0 bridgehead atoms. The molecule has 0 aliphatic heterocycles. The van der Waals surface area contributed by atoms with Crippen molar-refractivity contribution in [3.8, 4) is 11.5 Å². The Kier molecular flexibility index (Phi) is 3.99. The van der Waals surface area contributed by atoms with Gasteiger partial charge in [0.05, 0.1) is 9.50 Å². The molecule has 0 saturated carbocycles. The third-order valence-electron chi connectivity index (χ3n) is 2.21. The van der Waals surface area contributed by atoms with Gasteiger partial charge in [-0.2, -0.15) is 0 Å². The predicted molar refractivity (Wildman–Crippen MR) is 71.0 cm³/mol. The topological polar surface area (TPSA) is 26.3 Å². The number of carbonyl (C=O) groups excluding carboxylic acids is 1. The van der Waals surface area contributed by atoms with Gasteiger partial charge in [-0.1, -0.05) is 11.6 Å². The Morgan fingerprint density at radius 2 is 1.94 bits per heavy atom. The second-order valence-corrected chi connectivity index (χ2v) is 4.75. The van der Waals surface area contributed by atoms with E-state index in [0.717, 1.165) is 0 Å². The van der Waals surface area contributed by atoms with E-state index in [4.69, 9.17) is 16.3 Å². The third-order valence-corrected chi connectivity index (χ3v) is 3.16. The SMILES string of the molecule is O=Cc1ccc(Oc2cc(F)ccc2Br)c(Cl)c1. The van der Waals surface area contributed by atoms with Crippen molar-refractivity contribution in [3.05, 3.63) is 57.3 Å². The molecule has 5 heteroatoms. The van der Waals surface area contributed by atoms with E-state index < -0.39 is 5.82 Å². The second kappa shape index (κ2) is 5.50. The monoisotopic (exact) mass is 328 g/mol. The number of aldehydes is 1. The van der Waals surface area contributed by atoms with Crippen LogP contribution in [-0.4, -0.2) is 6.29 Å². The molecule has 0 amide bonds. The Balaban J connectivity index is 2.34. The molecular formula is C13H7BrClFO2. The largest absolute Gasteiger partial charge is 0.455 e. The highest BCUT2D eigenvalue weighted by atomic mass is 79.9. The Morgan fingerprint density at radius 3 is 2.61 bits per heavy atom. The fraction of sp³-hybridized carbons (Fsp3) is 0. The minimum absolute atomic E-state index is 0.288. The van der Waals surface area contributed by atoms with Gasteiger partial charge in [0, 0.05) is 11.6 Å². The van der Waals surface area contributed by atoms with Gasteiger partial charge < -0.3 is 4.74 Å². The van der Waals surface area contributed by atoms with Gasteiger partial charge in [0.15, 0.2) is 0 Å². The van der Waals surface area contributed by atoms with Crippen LogP contribution in [0.3, 0.4) is 0 Å². The smallest absolute Gasteiger partial charge is 0.150 e. The van der Waals surface area contributed by atoms with Crippen molar-refractivity contribution in [2.24, 2.45) is 0 Å². The number of rotatable bonds is 3. The summed E-state index contributed by atoms with van der Waals surface area (Å²) in [5.41, 5.74) is 0.450. The van der Waals surface area contributed by atoms with Crippen molar-refractivity contribution in [1.82, 2.24) is 0 Å². The van der Waals surface area contributed by atoms with Crippen molar-refractivity contribution < 1.29 is 13.9 Å². The molecule has 0 saturated heterocycles. The zero-order chi connectivity index (χ0) is 13.1. The molecule has 2 rings (SSSR count). The van der Waals surface area contributed by atoms with E-state index in [1.54, 1.807) is 18.2 Å². The van der Waals surface area contributed by atoms with Crippen LogP contribution >= 0.6 is 27.5 Å². The minimum atomic E-state index is -0.408. The van der Waals surface area contributed by atoms with Gasteiger partial charge in [-0.15, -0.1) is 0 Å². The first-order valence-corrected chi connectivity index (χ1v) is 6.15. The lowest BCUT2D eigenvalue weighted by Gasteiger charge is -2.09. The van der Waals surface area contributed by atoms with Gasteiger partial charge >= 0.3 is 0 Å². The molecule has 0 fully saturated rings. The van der Waals surface area contributed by atoms with Crippen LogP contribution in [0.4, 0.5) is 4.39 Å². The number of halogens is 3. The lowest BCUT2D eigenvalue weighted by molar-refractivity contribution is 0.112. The summed E-state index contributed by atoms with van der Waals surface area (Å²) < 4.78 is 19.2. The van der Waals surface area contributed by atoms with Crippen LogP contribution in [0.1, 0.15) is 10.4 Å². The number of ether oxygens (including phenoxy) is 1. The van der Waals surface area contributed by atoms with Crippen molar-refractivity contribution in [1.29, 1.82) is 0 Å². The highest BCUT2D eigenvalue weighted by Gasteiger charge is 2.08. The zero-order valence-electron chi connectivity index (χ0n) is 8.99. The maximum atomic E-state index is 13.1. The predicted octanol–water partition coefficient (Wildman–Crippen LogP) is 4.85. The van der Waals surface area contributed by atoms with Crippen LogP contribution in [0.5, 0.6) is 11.5 Å². The van der Waals surface area contributed by atoms with E-state index >= 15 is 0 Å². The lowest BCUT2D eigenvalue weighted by Crippen LogP contribution is -1.89. The van der Waals surface area contributed by atoms with E-state index in [0.29, 0.717) is 27.8 Å². The molecule has 0 radical (unpaired) electrons. The first kappa shape index (κ1) is 13.1. The lowest BCUT2D eigenvalue weighted by atomic mass is 10.2. The fourth-order valence-corrected chi connectivity index (χ4v) is 1.90. The van der Waals surface area contributed by atoms with E-state index in [1.807, 2.05) is 0 Å². The van der Waals surface area contributed by atoms with Gasteiger partial charge in [0.1, 0.15) is 23.6 Å². The van der Waals surface area contributed by atoms with E-state index in [2.05, 4.69) is 15.9 Å². The van der Waals surface area contributed by atoms with Gasteiger partial charge in [-0.3, -0.25) is 4.79 Å². The van der Waals surface area contributed by atoms with E-state index in [-0.39, 0.29) is 5.02 Å². The minimum Gasteiger partial charge on any atom is -0.455 e. The van der Waals surface area contributed by atoms with Gasteiger partial charge in [0.25, 0.3) is 0 Å². The Bertz CT molecular complexity index is 602. The van der Waals surface area contributed by atoms with Crippen LogP contribution in [0.25, 0.3) is 0 Å². The summed E-state index contributed by atoms with van der Waals surface area (Å²) in [7, 11) is 0. The molecule has 18 heavy (non-hydrogen) atoms. The van der Waals surface area contributed by atoms with E-state index in [1.165, 1.54) is 18.2 Å². The molecule has 0 aromatic heterocycles. The molecule has 0 aliphatic rings. The normalized spacial score (nSPS) is 10.2. The highest BCUT2D eigenvalue weighted by Crippen LogP contribution is 2.34. The van der Waals surface area contributed by atoms with Crippen LogP contribution in [0.2, 0.25) is 5.02 Å². The molecule has 92 valence electrons. The number of hydrogen-bond acceptors (Lipinski definition) is 2. The molecule has 2 nitrogen and oxygen atoms in total. The maximum Gasteiger partial charge on any atom is 0.150 e. The molecule has 0 aliphatic carbocycles. The zero-order valence-corrected chi connectivity index (χ0v) is 11.3. The van der Waals surface area contributed by atoms with Gasteiger partial charge in [-0.05, 0) is 46.3 Å². The highest BCUT2D eigenvalue weighted by molar-refractivity contribution is 9.10. The second-order valence-electron chi connectivity index (χ2n) is 3.48. The van der Waals surface area contributed by atoms with E-state index in [9.17, 15) is 9.18 Å². The molecule has 2 aromatic rings. The van der Waals surface area contributed by atoms with Crippen molar-refractivity contribution in [2.75, 3.05) is 0 Å². The molecule has 0 unspecified atom stereocenters. The first-order chi connectivity index (χ1) is 8.60. The van der Waals surface area contributed by atoms with Gasteiger partial charge in [0.2, 0.25) is 0 Å². The number of hydrogen-bond donors (Lipinski definition) is 0. The van der Waals surface area contributed by atoms with Gasteiger partial charge in [-0.25, -0.2) is 4.39 Å². The summed E-state index contributed by atoms with van der Waals surface area (Å²) in [5, 5.41) is 0.288. The fourth-order valence-electron chi connectivity index (χ4n) is 1.35. The van der Waals surface area contributed by atoms with Crippen molar-refractivity contribution in [3.63, 3.8) is 0 Å². The van der Waals surface area contributed by atoms with Crippen LogP contribution < -0.4 is 4.74 Å². The molecular weight excluding hydrogens is 322 g/mol. The first-order valence-electron chi connectivity index (χ1n) is 4.98. The summed E-state index contributed by atoms with van der Waals surface area (Å²) in [6.45, 7) is 0. The maximum absolute atomic E-state index is 13.1. The number of benzene rings is 2. The molecule has 0 atom stereocenters. The molecule has 2 aromatic carbocycles. The Labute approximate surface area is 116 Å². The average Bonchev–Trinajstić information content (AvgIpc) is 2.36. The van der Waals surface area contributed by atoms with Crippen molar-refractivity contribution >= 4 is 33.8 Å². The Morgan fingerprint density at radius 1 is 1.17 bits per heavy atom.